The van der Waals surface area contributed by atoms with Crippen molar-refractivity contribution in [1.29, 1.82) is 0 Å². The summed E-state index contributed by atoms with van der Waals surface area (Å²) in [6.45, 7) is 2.36. The van der Waals surface area contributed by atoms with Crippen molar-refractivity contribution >= 4 is 52.4 Å². The van der Waals surface area contributed by atoms with Crippen LogP contribution >= 0.6 is 23.2 Å². The normalized spacial score (nSPS) is 18.0. The lowest BCUT2D eigenvalue weighted by Gasteiger charge is -2.29. The van der Waals surface area contributed by atoms with Crippen LogP contribution in [-0.2, 0) is 22.7 Å². The molecule has 1 aliphatic carbocycles. The first kappa shape index (κ1) is 22.3. The quantitative estimate of drug-likeness (QED) is 0.647. The van der Waals surface area contributed by atoms with Gasteiger partial charge in [0.05, 0.1) is 28.2 Å². The Hall–Kier alpha value is -2.90. The van der Waals surface area contributed by atoms with Crippen molar-refractivity contribution in [3.05, 3.63) is 62.6 Å². The fourth-order valence-electron chi connectivity index (χ4n) is 4.01. The monoisotopic (exact) mass is 473 g/mol. The molecule has 1 aliphatic heterocycles. The minimum absolute atomic E-state index is 0.0729. The Morgan fingerprint density at radius 3 is 2.66 bits per heavy atom. The molecule has 2 aromatic rings. The van der Waals surface area contributed by atoms with E-state index in [0.29, 0.717) is 35.7 Å². The molecule has 2 aromatic carbocycles. The number of aryl methyl sites for hydroxylation is 1. The molecule has 1 saturated carbocycles. The van der Waals surface area contributed by atoms with Gasteiger partial charge >= 0.3 is 6.03 Å². The molecule has 1 fully saturated rings. The van der Waals surface area contributed by atoms with Gasteiger partial charge < -0.3 is 15.5 Å². The second-order valence-electron chi connectivity index (χ2n) is 8.03. The number of hydrogen-bond donors (Lipinski definition) is 2. The van der Waals surface area contributed by atoms with Crippen molar-refractivity contribution < 1.29 is 19.2 Å². The summed E-state index contributed by atoms with van der Waals surface area (Å²) < 4.78 is 0. The molecule has 0 aromatic heterocycles. The van der Waals surface area contributed by atoms with Gasteiger partial charge in [-0.1, -0.05) is 41.4 Å². The minimum Gasteiger partial charge on any atom is -0.334 e. The number of urea groups is 1. The largest absolute Gasteiger partial charge is 0.334 e. The number of anilines is 1. The van der Waals surface area contributed by atoms with Crippen LogP contribution in [0, 0.1) is 6.92 Å². The highest BCUT2D eigenvalue weighted by Crippen LogP contribution is 2.33. The lowest BCUT2D eigenvalue weighted by Crippen LogP contribution is -2.44. The molecule has 32 heavy (non-hydrogen) atoms. The lowest BCUT2D eigenvalue weighted by atomic mass is 9.92. The number of carbonyl (C=O) groups is 4. The summed E-state index contributed by atoms with van der Waals surface area (Å²) in [4.78, 5) is 50.5. The van der Waals surface area contributed by atoms with E-state index in [4.69, 9.17) is 23.2 Å². The number of fused-ring (bicyclic) bond motifs is 1. The topological polar surface area (TPSA) is 95.6 Å². The van der Waals surface area contributed by atoms with Crippen LogP contribution in [0.5, 0.6) is 0 Å². The Labute approximate surface area is 195 Å². The molecule has 166 valence electrons. The average molecular weight is 474 g/mol. The number of amides is 3. The maximum Gasteiger partial charge on any atom is 0.319 e. The van der Waals surface area contributed by atoms with Gasteiger partial charge in [-0.05, 0) is 42.2 Å². The summed E-state index contributed by atoms with van der Waals surface area (Å²) in [5.74, 6) is -0.493. The molecule has 0 bridgehead atoms. The predicted octanol–water partition coefficient (Wildman–Crippen LogP) is 4.27. The highest BCUT2D eigenvalue weighted by Gasteiger charge is 2.38. The van der Waals surface area contributed by atoms with Crippen LogP contribution in [0.15, 0.2) is 30.3 Å². The Balaban J connectivity index is 1.40. The zero-order chi connectivity index (χ0) is 23.0. The third-order valence-electron chi connectivity index (χ3n) is 5.80. The van der Waals surface area contributed by atoms with Crippen LogP contribution in [0.2, 0.25) is 10.0 Å². The maximum absolute atomic E-state index is 12.9. The van der Waals surface area contributed by atoms with E-state index in [1.165, 1.54) is 0 Å². The van der Waals surface area contributed by atoms with Crippen LogP contribution in [0.1, 0.15) is 46.3 Å². The number of rotatable bonds is 4. The Morgan fingerprint density at radius 2 is 1.91 bits per heavy atom. The molecule has 1 atom stereocenters. The van der Waals surface area contributed by atoms with Gasteiger partial charge in [-0.25, -0.2) is 4.79 Å². The summed E-state index contributed by atoms with van der Waals surface area (Å²) in [5, 5.41) is 6.04. The van der Waals surface area contributed by atoms with Gasteiger partial charge in [-0.2, -0.15) is 0 Å². The highest BCUT2D eigenvalue weighted by molar-refractivity contribution is 6.44. The molecule has 0 saturated heterocycles. The molecule has 4 rings (SSSR count). The molecule has 0 spiro atoms. The predicted molar refractivity (Wildman–Crippen MR) is 121 cm³/mol. The van der Waals surface area contributed by atoms with Crippen molar-refractivity contribution in [3.63, 3.8) is 0 Å². The molecular formula is C23H21Cl2N3O4. The van der Waals surface area contributed by atoms with Crippen LogP contribution in [-0.4, -0.2) is 34.4 Å². The van der Waals surface area contributed by atoms with Gasteiger partial charge in [0.15, 0.2) is 5.78 Å². The van der Waals surface area contributed by atoms with Crippen LogP contribution in [0.3, 0.4) is 0 Å². The molecule has 0 radical (unpaired) electrons. The van der Waals surface area contributed by atoms with Crippen molar-refractivity contribution in [2.45, 2.75) is 45.3 Å². The summed E-state index contributed by atoms with van der Waals surface area (Å²) in [6, 6.07) is 7.81. The first-order valence-electron chi connectivity index (χ1n) is 10.2. The number of nitrogens with one attached hydrogen (secondary N) is 2. The Morgan fingerprint density at radius 1 is 1.12 bits per heavy atom. The average Bonchev–Trinajstić information content (AvgIpc) is 3.08. The number of carbonyl (C=O) groups excluding carboxylic acids is 4. The number of ketones is 2. The van der Waals surface area contributed by atoms with Crippen molar-refractivity contribution in [3.8, 4) is 0 Å². The third-order valence-corrected chi connectivity index (χ3v) is 6.78. The zero-order valence-electron chi connectivity index (χ0n) is 17.3. The van der Waals surface area contributed by atoms with Crippen molar-refractivity contribution in [2.75, 3.05) is 5.32 Å². The number of Topliss-reactive ketones (excluding diaryl/α,β-unsaturated/α-hetero) is 2. The first-order chi connectivity index (χ1) is 15.2. The molecule has 1 heterocycles. The van der Waals surface area contributed by atoms with Crippen molar-refractivity contribution in [2.24, 2.45) is 0 Å². The Bertz CT molecular complexity index is 1150. The van der Waals surface area contributed by atoms with Gasteiger partial charge in [0.2, 0.25) is 0 Å². The molecule has 7 nitrogen and oxygen atoms in total. The lowest BCUT2D eigenvalue weighted by molar-refractivity contribution is -0.133. The molecule has 3 amide bonds. The standard InChI is InChI=1S/C23H21Cl2N3O4/c1-12-2-6-17(21(25)20(12)24)27-23(32)26-10-13-3-4-14-11-28(22(31)16(14)8-13)18-7-5-15(29)9-19(18)30/h2-4,6,8,18H,5,7,9-11H2,1H3,(H2,26,27,32). The number of hydrogen-bond acceptors (Lipinski definition) is 4. The molecule has 9 heteroatoms. The Kier molecular flexibility index (Phi) is 6.22. The van der Waals surface area contributed by atoms with Crippen LogP contribution in [0.25, 0.3) is 0 Å². The van der Waals surface area contributed by atoms with Crippen LogP contribution in [0.4, 0.5) is 10.5 Å². The van der Waals surface area contributed by atoms with E-state index in [9.17, 15) is 19.2 Å². The van der Waals surface area contributed by atoms with Crippen LogP contribution < -0.4 is 10.6 Å². The van der Waals surface area contributed by atoms with E-state index in [1.54, 1.807) is 23.1 Å². The minimum atomic E-state index is -0.550. The van der Waals surface area contributed by atoms with E-state index in [0.717, 1.165) is 16.7 Å². The van der Waals surface area contributed by atoms with Gasteiger partial charge in [0.1, 0.15) is 5.78 Å². The van der Waals surface area contributed by atoms with E-state index in [-0.39, 0.29) is 35.5 Å². The van der Waals surface area contributed by atoms with E-state index < -0.39 is 12.1 Å². The summed E-state index contributed by atoms with van der Waals surface area (Å²) >= 11 is 12.3. The SMILES string of the molecule is Cc1ccc(NC(=O)NCc2ccc3c(c2)C(=O)N(C2CCC(=O)CC2=O)C3)c(Cl)c1Cl. The smallest absolute Gasteiger partial charge is 0.319 e. The maximum atomic E-state index is 12.9. The fraction of sp³-hybridized carbons (Fsp3) is 0.304. The number of halogens is 2. The summed E-state index contributed by atoms with van der Waals surface area (Å²) in [6.07, 6.45) is 0.583. The zero-order valence-corrected chi connectivity index (χ0v) is 18.8. The second kappa shape index (κ2) is 8.92. The van der Waals surface area contributed by atoms with Gasteiger partial charge in [0.25, 0.3) is 5.91 Å². The third kappa shape index (κ3) is 4.36. The van der Waals surface area contributed by atoms with E-state index in [1.807, 2.05) is 19.1 Å². The highest BCUT2D eigenvalue weighted by atomic mass is 35.5. The van der Waals surface area contributed by atoms with Gasteiger partial charge in [0, 0.05) is 25.1 Å². The number of nitrogens with zero attached hydrogens (tertiary/aromatic N) is 1. The second-order valence-corrected chi connectivity index (χ2v) is 8.78. The first-order valence-corrected chi connectivity index (χ1v) is 11.0. The molecule has 1 unspecified atom stereocenters. The van der Waals surface area contributed by atoms with Crippen molar-refractivity contribution in [1.82, 2.24) is 10.2 Å². The number of benzene rings is 2. The molecule has 2 aliphatic rings. The molecule has 2 N–H and O–H groups in total. The molecular weight excluding hydrogens is 453 g/mol. The van der Waals surface area contributed by atoms with Gasteiger partial charge in [-0.15, -0.1) is 0 Å². The fourth-order valence-corrected chi connectivity index (χ4v) is 4.44. The summed E-state index contributed by atoms with van der Waals surface area (Å²) in [7, 11) is 0. The van der Waals surface area contributed by atoms with E-state index in [2.05, 4.69) is 10.6 Å². The van der Waals surface area contributed by atoms with Gasteiger partial charge in [-0.3, -0.25) is 14.4 Å². The summed E-state index contributed by atoms with van der Waals surface area (Å²) in [5.41, 5.74) is 3.29. The van der Waals surface area contributed by atoms with E-state index >= 15 is 0 Å².